The number of hydrogen-bond donors (Lipinski definition) is 0. The van der Waals surface area contributed by atoms with Crippen LogP contribution in [0, 0.1) is 12.3 Å². The first-order valence-electron chi connectivity index (χ1n) is 3.34. The van der Waals surface area contributed by atoms with Gasteiger partial charge in [-0.3, -0.25) is 4.79 Å². The summed E-state index contributed by atoms with van der Waals surface area (Å²) in [6.45, 7) is 0.210. The molecule has 0 radical (unpaired) electrons. The summed E-state index contributed by atoms with van der Waals surface area (Å²) in [5.41, 5.74) is 0.378. The molecule has 1 rings (SSSR count). The van der Waals surface area contributed by atoms with Crippen LogP contribution in [0.2, 0.25) is 0 Å². The number of ether oxygens (including phenoxy) is 1. The van der Waals surface area contributed by atoms with E-state index < -0.39 is 0 Å². The number of carbonyl (C=O) groups is 1. The first-order chi connectivity index (χ1) is 5.86. The predicted molar refractivity (Wildman–Crippen MR) is 44.0 cm³/mol. The van der Waals surface area contributed by atoms with E-state index >= 15 is 0 Å². The van der Waals surface area contributed by atoms with Crippen LogP contribution in [-0.2, 0) is 0 Å². The Hall–Kier alpha value is -1.82. The Labute approximate surface area is 70.4 Å². The fraction of sp³-hybridized carbons (Fsp3) is 0.111. The molecule has 0 N–H and O–H groups in total. The third-order valence-electron chi connectivity index (χ3n) is 1.20. The minimum Gasteiger partial charge on any atom is -0.479 e. The van der Waals surface area contributed by atoms with Gasteiger partial charge in [0, 0.05) is 0 Å². The van der Waals surface area contributed by atoms with E-state index in [4.69, 9.17) is 11.2 Å². The lowest BCUT2D eigenvalue weighted by Crippen LogP contribution is -1.94. The molecule has 0 spiro atoms. The summed E-state index contributed by atoms with van der Waals surface area (Å²) in [7, 11) is 0. The molecule has 12 heavy (non-hydrogen) atoms. The number of hydrogen-bond acceptors (Lipinski definition) is 3. The third-order valence-corrected chi connectivity index (χ3v) is 1.20. The molecule has 1 aromatic rings. The number of terminal acetylenes is 1. The lowest BCUT2D eigenvalue weighted by molar-refractivity contribution is 0.111. The van der Waals surface area contributed by atoms with E-state index in [1.54, 1.807) is 12.1 Å². The Morgan fingerprint density at radius 1 is 1.67 bits per heavy atom. The zero-order chi connectivity index (χ0) is 8.81. The summed E-state index contributed by atoms with van der Waals surface area (Å²) in [6.07, 6.45) is 7.11. The number of aldehydes is 1. The van der Waals surface area contributed by atoms with E-state index in [0.29, 0.717) is 17.7 Å². The van der Waals surface area contributed by atoms with Crippen molar-refractivity contribution in [1.29, 1.82) is 0 Å². The molecule has 0 saturated carbocycles. The van der Waals surface area contributed by atoms with Gasteiger partial charge in [-0.1, -0.05) is 5.92 Å². The Morgan fingerprint density at radius 2 is 2.50 bits per heavy atom. The molecule has 0 aliphatic carbocycles. The van der Waals surface area contributed by atoms with Gasteiger partial charge >= 0.3 is 0 Å². The van der Waals surface area contributed by atoms with Crippen LogP contribution in [-0.4, -0.2) is 17.9 Å². The molecular formula is C9H7NO2. The van der Waals surface area contributed by atoms with Crippen LogP contribution >= 0.6 is 0 Å². The van der Waals surface area contributed by atoms with Crippen LogP contribution in [0.25, 0.3) is 0 Å². The van der Waals surface area contributed by atoms with E-state index in [-0.39, 0.29) is 6.61 Å². The first-order valence-corrected chi connectivity index (χ1v) is 3.34. The molecule has 0 aliphatic heterocycles. The zero-order valence-electron chi connectivity index (χ0n) is 6.36. The number of nitrogens with zero attached hydrogens (tertiary/aromatic N) is 1. The summed E-state index contributed by atoms with van der Waals surface area (Å²) in [5.74, 6) is 2.89. The maximum atomic E-state index is 10.2. The Bertz CT molecular complexity index is 297. The van der Waals surface area contributed by atoms with Gasteiger partial charge in [0.05, 0.1) is 6.20 Å². The van der Waals surface area contributed by atoms with Crippen LogP contribution in [0.5, 0.6) is 5.75 Å². The summed E-state index contributed by atoms with van der Waals surface area (Å²) in [4.78, 5) is 14.0. The van der Waals surface area contributed by atoms with E-state index in [9.17, 15) is 4.79 Å². The molecule has 1 heterocycles. The van der Waals surface area contributed by atoms with Crippen molar-refractivity contribution in [3.05, 3.63) is 24.0 Å². The molecule has 0 fully saturated rings. The fourth-order valence-electron chi connectivity index (χ4n) is 0.672. The molecule has 0 aromatic carbocycles. The van der Waals surface area contributed by atoms with Crippen LogP contribution in [0.4, 0.5) is 0 Å². The van der Waals surface area contributed by atoms with Gasteiger partial charge in [-0.25, -0.2) is 4.98 Å². The Kier molecular flexibility index (Phi) is 2.86. The van der Waals surface area contributed by atoms with Gasteiger partial charge in [0.2, 0.25) is 0 Å². The molecular weight excluding hydrogens is 154 g/mol. The Balaban J connectivity index is 2.66. The van der Waals surface area contributed by atoms with Crippen molar-refractivity contribution in [3.8, 4) is 18.1 Å². The van der Waals surface area contributed by atoms with E-state index in [1.165, 1.54) is 6.20 Å². The van der Waals surface area contributed by atoms with Crippen LogP contribution in [0.3, 0.4) is 0 Å². The zero-order valence-corrected chi connectivity index (χ0v) is 6.36. The number of aromatic nitrogens is 1. The van der Waals surface area contributed by atoms with Crippen molar-refractivity contribution in [2.45, 2.75) is 0 Å². The smallest absolute Gasteiger partial charge is 0.168 e. The van der Waals surface area contributed by atoms with E-state index in [0.717, 1.165) is 0 Å². The largest absolute Gasteiger partial charge is 0.479 e. The topological polar surface area (TPSA) is 39.2 Å². The van der Waals surface area contributed by atoms with Crippen molar-refractivity contribution < 1.29 is 9.53 Å². The highest BCUT2D eigenvalue weighted by atomic mass is 16.5. The second-order valence-electron chi connectivity index (χ2n) is 2.03. The van der Waals surface area contributed by atoms with Crippen molar-refractivity contribution >= 4 is 6.29 Å². The molecule has 0 bridgehead atoms. The normalized spacial score (nSPS) is 8.58. The SMILES string of the molecule is C#CCOc1ccc(C=O)nc1. The molecule has 1 aromatic heterocycles. The maximum Gasteiger partial charge on any atom is 0.168 e. The highest BCUT2D eigenvalue weighted by Gasteiger charge is 1.93. The summed E-state index contributed by atoms with van der Waals surface area (Å²) < 4.78 is 5.04. The van der Waals surface area contributed by atoms with Gasteiger partial charge in [-0.2, -0.15) is 0 Å². The van der Waals surface area contributed by atoms with E-state index in [2.05, 4.69) is 10.9 Å². The minimum absolute atomic E-state index is 0.210. The van der Waals surface area contributed by atoms with Crippen molar-refractivity contribution in [2.75, 3.05) is 6.61 Å². The molecule has 0 amide bonds. The van der Waals surface area contributed by atoms with Crippen molar-refractivity contribution in [2.24, 2.45) is 0 Å². The van der Waals surface area contributed by atoms with Crippen LogP contribution in [0.15, 0.2) is 18.3 Å². The molecule has 60 valence electrons. The number of carbonyl (C=O) groups excluding carboxylic acids is 1. The lowest BCUT2D eigenvalue weighted by Gasteiger charge is -1.99. The number of rotatable bonds is 3. The molecule has 0 saturated heterocycles. The van der Waals surface area contributed by atoms with Gasteiger partial charge in [-0.05, 0) is 12.1 Å². The highest BCUT2D eigenvalue weighted by molar-refractivity contribution is 5.71. The number of pyridine rings is 1. The molecule has 3 nitrogen and oxygen atoms in total. The second-order valence-corrected chi connectivity index (χ2v) is 2.03. The van der Waals surface area contributed by atoms with Gasteiger partial charge < -0.3 is 4.74 Å². The summed E-state index contributed by atoms with van der Waals surface area (Å²) in [5, 5.41) is 0. The Morgan fingerprint density at radius 3 is 3.00 bits per heavy atom. The molecule has 3 heteroatoms. The molecule has 0 unspecified atom stereocenters. The van der Waals surface area contributed by atoms with Crippen molar-refractivity contribution in [1.82, 2.24) is 4.98 Å². The lowest BCUT2D eigenvalue weighted by atomic mass is 10.4. The van der Waals surface area contributed by atoms with Gasteiger partial charge in [0.25, 0.3) is 0 Å². The molecule has 0 atom stereocenters. The van der Waals surface area contributed by atoms with E-state index in [1.807, 2.05) is 0 Å². The first kappa shape index (κ1) is 8.28. The predicted octanol–water partition coefficient (Wildman–Crippen LogP) is 0.906. The maximum absolute atomic E-state index is 10.2. The molecule has 0 aliphatic rings. The standard InChI is InChI=1S/C9H7NO2/c1-2-5-12-9-4-3-8(7-11)10-6-9/h1,3-4,6-7H,5H2. The monoisotopic (exact) mass is 161 g/mol. The average Bonchev–Trinajstić information content (AvgIpc) is 2.15. The van der Waals surface area contributed by atoms with Crippen molar-refractivity contribution in [3.63, 3.8) is 0 Å². The van der Waals surface area contributed by atoms with Gasteiger partial charge in [0.15, 0.2) is 6.29 Å². The second kappa shape index (κ2) is 4.14. The summed E-state index contributed by atoms with van der Waals surface area (Å²) in [6, 6.07) is 3.22. The quantitative estimate of drug-likeness (QED) is 0.488. The van der Waals surface area contributed by atoms with Gasteiger partial charge in [-0.15, -0.1) is 6.42 Å². The highest BCUT2D eigenvalue weighted by Crippen LogP contribution is 2.07. The average molecular weight is 161 g/mol. The third kappa shape index (κ3) is 2.10. The fourth-order valence-corrected chi connectivity index (χ4v) is 0.672. The van der Waals surface area contributed by atoms with Crippen LogP contribution in [0.1, 0.15) is 10.5 Å². The minimum atomic E-state index is 0.210. The van der Waals surface area contributed by atoms with Gasteiger partial charge in [0.1, 0.15) is 18.1 Å². The van der Waals surface area contributed by atoms with Crippen LogP contribution < -0.4 is 4.74 Å². The summed E-state index contributed by atoms with van der Waals surface area (Å²) >= 11 is 0.